The largest absolute Gasteiger partial charge is 0.381 e. The van der Waals surface area contributed by atoms with E-state index < -0.39 is 9.84 Å². The van der Waals surface area contributed by atoms with Gasteiger partial charge in [-0.15, -0.1) is 24.0 Å². The number of ether oxygens (including phenoxy) is 1. The first-order valence-corrected chi connectivity index (χ1v) is 11.2. The zero-order chi connectivity index (χ0) is 18.5. The highest BCUT2D eigenvalue weighted by molar-refractivity contribution is 14.0. The van der Waals surface area contributed by atoms with Crippen molar-refractivity contribution in [2.24, 2.45) is 4.99 Å². The van der Waals surface area contributed by atoms with E-state index in [1.54, 1.807) is 0 Å². The zero-order valence-electron chi connectivity index (χ0n) is 15.8. The van der Waals surface area contributed by atoms with Crippen LogP contribution in [0.3, 0.4) is 0 Å². The fourth-order valence-electron chi connectivity index (χ4n) is 3.74. The first kappa shape index (κ1) is 22.4. The van der Waals surface area contributed by atoms with Crippen LogP contribution in [0.2, 0.25) is 0 Å². The molecule has 2 fully saturated rings. The Morgan fingerprint density at radius 1 is 1.26 bits per heavy atom. The summed E-state index contributed by atoms with van der Waals surface area (Å²) in [5.41, 5.74) is 1.27. The highest BCUT2D eigenvalue weighted by Gasteiger charge is 2.34. The molecule has 2 aliphatic rings. The molecule has 1 aromatic carbocycles. The summed E-state index contributed by atoms with van der Waals surface area (Å²) in [6.45, 7) is 4.91. The maximum atomic E-state index is 11.7. The summed E-state index contributed by atoms with van der Waals surface area (Å²) < 4.78 is 29.0. The van der Waals surface area contributed by atoms with Gasteiger partial charge >= 0.3 is 0 Å². The molecule has 27 heavy (non-hydrogen) atoms. The van der Waals surface area contributed by atoms with Gasteiger partial charge in [0.25, 0.3) is 0 Å². The monoisotopic (exact) mass is 507 g/mol. The molecule has 3 rings (SSSR count). The molecule has 0 spiro atoms. The van der Waals surface area contributed by atoms with Crippen LogP contribution in [0, 0.1) is 0 Å². The zero-order valence-corrected chi connectivity index (χ0v) is 19.0. The van der Waals surface area contributed by atoms with Crippen LogP contribution in [0.15, 0.2) is 35.3 Å². The molecule has 2 heterocycles. The number of hydrogen-bond donors (Lipinski definition) is 2. The minimum absolute atomic E-state index is 0. The second kappa shape index (κ2) is 10.1. The second-order valence-electron chi connectivity index (χ2n) is 7.20. The van der Waals surface area contributed by atoms with Gasteiger partial charge in [0.15, 0.2) is 15.8 Å². The van der Waals surface area contributed by atoms with Crippen LogP contribution in [0.5, 0.6) is 0 Å². The predicted molar refractivity (Wildman–Crippen MR) is 120 cm³/mol. The smallest absolute Gasteiger partial charge is 0.191 e. The van der Waals surface area contributed by atoms with Gasteiger partial charge in [0.2, 0.25) is 0 Å². The number of nitrogens with one attached hydrogen (secondary N) is 2. The van der Waals surface area contributed by atoms with Crippen LogP contribution in [0.1, 0.15) is 31.7 Å². The van der Waals surface area contributed by atoms with E-state index in [1.165, 1.54) is 5.56 Å². The molecule has 2 aliphatic heterocycles. The van der Waals surface area contributed by atoms with E-state index in [2.05, 4.69) is 34.9 Å². The Labute approximate surface area is 179 Å². The van der Waals surface area contributed by atoms with Crippen LogP contribution in [-0.4, -0.2) is 58.2 Å². The van der Waals surface area contributed by atoms with E-state index in [1.807, 2.05) is 13.0 Å². The molecule has 8 heteroatoms. The molecule has 0 bridgehead atoms. The summed E-state index contributed by atoms with van der Waals surface area (Å²) in [7, 11) is -2.91. The number of hydrogen-bond acceptors (Lipinski definition) is 4. The van der Waals surface area contributed by atoms with Gasteiger partial charge in [-0.2, -0.15) is 0 Å². The summed E-state index contributed by atoms with van der Waals surface area (Å²) in [4.78, 5) is 4.84. The van der Waals surface area contributed by atoms with Gasteiger partial charge in [0.05, 0.1) is 18.1 Å². The lowest BCUT2D eigenvalue weighted by Crippen LogP contribution is -2.45. The summed E-state index contributed by atoms with van der Waals surface area (Å²) in [5, 5.41) is 6.57. The van der Waals surface area contributed by atoms with Gasteiger partial charge in [-0.05, 0) is 31.7 Å². The van der Waals surface area contributed by atoms with E-state index in [-0.39, 0.29) is 46.9 Å². The van der Waals surface area contributed by atoms with Crippen molar-refractivity contribution < 1.29 is 13.2 Å². The molecule has 0 aromatic heterocycles. The maximum absolute atomic E-state index is 11.7. The SMILES string of the molecule is CCNC(=NCC1(c2ccccc2)CCOCC1)NC1CCS(=O)(=O)C1.I. The van der Waals surface area contributed by atoms with Crippen molar-refractivity contribution in [2.45, 2.75) is 37.6 Å². The average molecular weight is 507 g/mol. The quantitative estimate of drug-likeness (QED) is 0.363. The molecule has 2 N–H and O–H groups in total. The van der Waals surface area contributed by atoms with Crippen LogP contribution in [0.25, 0.3) is 0 Å². The average Bonchev–Trinajstić information content (AvgIpc) is 3.00. The molecule has 1 aromatic rings. The Hall–Kier alpha value is -0.870. The minimum atomic E-state index is -2.91. The molecule has 0 aliphatic carbocycles. The molecule has 0 amide bonds. The predicted octanol–water partition coefficient (Wildman–Crippen LogP) is 2.10. The van der Waals surface area contributed by atoms with Crippen molar-refractivity contribution in [2.75, 3.05) is 37.8 Å². The van der Waals surface area contributed by atoms with Gasteiger partial charge in [-0.25, -0.2) is 8.42 Å². The summed E-state index contributed by atoms with van der Waals surface area (Å²) in [5.74, 6) is 1.15. The number of rotatable bonds is 5. The number of sulfone groups is 1. The molecule has 0 radical (unpaired) electrons. The summed E-state index contributed by atoms with van der Waals surface area (Å²) >= 11 is 0. The molecule has 0 saturated carbocycles. The van der Waals surface area contributed by atoms with Crippen LogP contribution in [0.4, 0.5) is 0 Å². The molecular formula is C19H30IN3O3S. The fourth-order valence-corrected chi connectivity index (χ4v) is 5.42. The second-order valence-corrected chi connectivity index (χ2v) is 9.43. The summed E-state index contributed by atoms with van der Waals surface area (Å²) in [6.07, 6.45) is 2.53. The lowest BCUT2D eigenvalue weighted by molar-refractivity contribution is 0.0531. The molecule has 6 nitrogen and oxygen atoms in total. The molecule has 1 atom stereocenters. The van der Waals surface area contributed by atoms with E-state index in [0.29, 0.717) is 18.9 Å². The number of guanidine groups is 1. The highest BCUT2D eigenvalue weighted by atomic mass is 127. The van der Waals surface area contributed by atoms with E-state index in [0.717, 1.165) is 32.6 Å². The van der Waals surface area contributed by atoms with Gasteiger partial charge in [0, 0.05) is 31.2 Å². The van der Waals surface area contributed by atoms with E-state index in [4.69, 9.17) is 9.73 Å². The Bertz CT molecular complexity index is 719. The standard InChI is InChI=1S/C19H29N3O3S.HI/c1-2-20-18(22-17-8-13-26(23,24)14-17)21-15-19(9-11-25-12-10-19)16-6-4-3-5-7-16;/h3-7,17H,2,8-15H2,1H3,(H2,20,21,22);1H. The van der Waals surface area contributed by atoms with Crippen LogP contribution in [-0.2, 0) is 20.0 Å². The number of halogens is 1. The number of nitrogens with zero attached hydrogens (tertiary/aromatic N) is 1. The molecule has 152 valence electrons. The molecular weight excluding hydrogens is 477 g/mol. The van der Waals surface area contributed by atoms with Gasteiger partial charge in [-0.3, -0.25) is 4.99 Å². The topological polar surface area (TPSA) is 79.8 Å². The Morgan fingerprint density at radius 2 is 1.96 bits per heavy atom. The first-order valence-electron chi connectivity index (χ1n) is 9.42. The Morgan fingerprint density at radius 3 is 2.56 bits per heavy atom. The first-order chi connectivity index (χ1) is 12.5. The number of aliphatic imine (C=N–C) groups is 1. The van der Waals surface area contributed by atoms with Crippen molar-refractivity contribution in [1.82, 2.24) is 10.6 Å². The Kier molecular flexibility index (Phi) is 8.36. The van der Waals surface area contributed by atoms with Crippen molar-refractivity contribution in [3.8, 4) is 0 Å². The van der Waals surface area contributed by atoms with Crippen LogP contribution < -0.4 is 10.6 Å². The van der Waals surface area contributed by atoms with Crippen molar-refractivity contribution in [1.29, 1.82) is 0 Å². The van der Waals surface area contributed by atoms with E-state index >= 15 is 0 Å². The Balaban J connectivity index is 0.00000261. The van der Waals surface area contributed by atoms with Gasteiger partial charge in [0.1, 0.15) is 0 Å². The third-order valence-electron chi connectivity index (χ3n) is 5.29. The normalized spacial score (nSPS) is 24.0. The summed E-state index contributed by atoms with van der Waals surface area (Å²) in [6, 6.07) is 10.5. The third kappa shape index (κ3) is 6.05. The van der Waals surface area contributed by atoms with Gasteiger partial charge in [-0.1, -0.05) is 30.3 Å². The van der Waals surface area contributed by atoms with Crippen molar-refractivity contribution in [3.05, 3.63) is 35.9 Å². The van der Waals surface area contributed by atoms with Crippen LogP contribution >= 0.6 is 24.0 Å². The van der Waals surface area contributed by atoms with Crippen molar-refractivity contribution in [3.63, 3.8) is 0 Å². The highest BCUT2D eigenvalue weighted by Crippen LogP contribution is 2.35. The van der Waals surface area contributed by atoms with E-state index in [9.17, 15) is 8.42 Å². The number of benzene rings is 1. The minimum Gasteiger partial charge on any atom is -0.381 e. The van der Waals surface area contributed by atoms with Crippen molar-refractivity contribution >= 4 is 39.8 Å². The fraction of sp³-hybridized carbons (Fsp3) is 0.632. The maximum Gasteiger partial charge on any atom is 0.191 e. The molecule has 1 unspecified atom stereocenters. The third-order valence-corrected chi connectivity index (χ3v) is 7.06. The lowest BCUT2D eigenvalue weighted by atomic mass is 9.74. The van der Waals surface area contributed by atoms with Gasteiger partial charge < -0.3 is 15.4 Å². The lowest BCUT2D eigenvalue weighted by Gasteiger charge is -2.36. The molecule has 2 saturated heterocycles.